The molecular weight excluding hydrogens is 321 g/mol. The van der Waals surface area contributed by atoms with E-state index in [1.54, 1.807) is 12.1 Å². The lowest BCUT2D eigenvalue weighted by atomic mass is 9.81. The zero-order chi connectivity index (χ0) is 17.7. The van der Waals surface area contributed by atoms with Crippen LogP contribution in [0.15, 0.2) is 54.1 Å². The van der Waals surface area contributed by atoms with Gasteiger partial charge in [0.25, 0.3) is 0 Å². The standard InChI is InChI=1S/C21H25ClFN/c1-15(13-17-5-9-19(22)10-6-17)21(16(2)14-24(3)4)18-7-11-20(23)12-8-18/h5-13,16,21H,14H2,1-4H3. The van der Waals surface area contributed by atoms with Crippen LogP contribution >= 0.6 is 11.6 Å². The first kappa shape index (κ1) is 18.7. The van der Waals surface area contributed by atoms with E-state index in [1.165, 1.54) is 5.57 Å². The summed E-state index contributed by atoms with van der Waals surface area (Å²) in [6.07, 6.45) is 2.19. The number of nitrogens with zero attached hydrogens (tertiary/aromatic N) is 1. The summed E-state index contributed by atoms with van der Waals surface area (Å²) in [6, 6.07) is 14.7. The lowest BCUT2D eigenvalue weighted by molar-refractivity contribution is 0.319. The Morgan fingerprint density at radius 2 is 1.67 bits per heavy atom. The lowest BCUT2D eigenvalue weighted by Gasteiger charge is -2.28. The SMILES string of the molecule is CC(=Cc1ccc(Cl)cc1)C(c1ccc(F)cc1)C(C)CN(C)C. The number of benzene rings is 2. The van der Waals surface area contributed by atoms with Crippen LogP contribution in [-0.2, 0) is 0 Å². The zero-order valence-electron chi connectivity index (χ0n) is 14.8. The van der Waals surface area contributed by atoms with Crippen LogP contribution in [0.25, 0.3) is 6.08 Å². The normalized spacial score (nSPS) is 14.7. The van der Waals surface area contributed by atoms with E-state index in [0.29, 0.717) is 5.92 Å². The molecule has 0 aliphatic heterocycles. The van der Waals surface area contributed by atoms with E-state index in [0.717, 1.165) is 22.7 Å². The third kappa shape index (κ3) is 5.19. The van der Waals surface area contributed by atoms with Crippen LogP contribution in [-0.4, -0.2) is 25.5 Å². The molecule has 0 aliphatic rings. The molecule has 0 heterocycles. The predicted molar refractivity (Wildman–Crippen MR) is 102 cm³/mol. The summed E-state index contributed by atoms with van der Waals surface area (Å²) in [7, 11) is 4.16. The van der Waals surface area contributed by atoms with Crippen LogP contribution < -0.4 is 0 Å². The highest BCUT2D eigenvalue weighted by molar-refractivity contribution is 6.30. The maximum Gasteiger partial charge on any atom is 0.123 e. The molecule has 0 amide bonds. The van der Waals surface area contributed by atoms with Crippen LogP contribution in [0.5, 0.6) is 0 Å². The van der Waals surface area contributed by atoms with Gasteiger partial charge < -0.3 is 4.90 Å². The number of halogens is 2. The molecule has 1 nitrogen and oxygen atoms in total. The molecular formula is C21H25ClFN. The van der Waals surface area contributed by atoms with Crippen molar-refractivity contribution in [1.29, 1.82) is 0 Å². The molecule has 0 radical (unpaired) electrons. The molecule has 0 aliphatic carbocycles. The van der Waals surface area contributed by atoms with Gasteiger partial charge in [-0.05, 0) is 62.3 Å². The first-order valence-electron chi connectivity index (χ1n) is 8.20. The summed E-state index contributed by atoms with van der Waals surface area (Å²) in [5.41, 5.74) is 3.54. The smallest absolute Gasteiger partial charge is 0.123 e. The molecule has 0 fully saturated rings. The minimum absolute atomic E-state index is 0.197. The molecule has 0 bridgehead atoms. The largest absolute Gasteiger partial charge is 0.309 e. The highest BCUT2D eigenvalue weighted by Gasteiger charge is 2.21. The quantitative estimate of drug-likeness (QED) is 0.633. The van der Waals surface area contributed by atoms with Crippen molar-refractivity contribution < 1.29 is 4.39 Å². The van der Waals surface area contributed by atoms with Gasteiger partial charge in [-0.3, -0.25) is 0 Å². The average Bonchev–Trinajstić information content (AvgIpc) is 2.51. The molecule has 128 valence electrons. The summed E-state index contributed by atoms with van der Waals surface area (Å²) in [5.74, 6) is 0.454. The van der Waals surface area contributed by atoms with Crippen LogP contribution in [0.3, 0.4) is 0 Å². The second-order valence-corrected chi connectivity index (χ2v) is 7.15. The van der Waals surface area contributed by atoms with Gasteiger partial charge in [-0.2, -0.15) is 0 Å². The first-order valence-corrected chi connectivity index (χ1v) is 8.58. The topological polar surface area (TPSA) is 3.24 Å². The van der Waals surface area contributed by atoms with Crippen molar-refractivity contribution in [3.8, 4) is 0 Å². The van der Waals surface area contributed by atoms with Gasteiger partial charge in [0.15, 0.2) is 0 Å². The molecule has 2 rings (SSSR count). The number of hydrogen-bond donors (Lipinski definition) is 0. The Morgan fingerprint density at radius 3 is 2.21 bits per heavy atom. The highest BCUT2D eigenvalue weighted by Crippen LogP contribution is 2.33. The Bertz CT molecular complexity index is 674. The molecule has 3 heteroatoms. The molecule has 24 heavy (non-hydrogen) atoms. The van der Waals surface area contributed by atoms with E-state index >= 15 is 0 Å². The van der Waals surface area contributed by atoms with Crippen LogP contribution in [0, 0.1) is 11.7 Å². The Balaban J connectivity index is 2.36. The molecule has 0 aromatic heterocycles. The molecule has 2 aromatic carbocycles. The minimum atomic E-state index is -0.197. The summed E-state index contributed by atoms with van der Waals surface area (Å²) in [6.45, 7) is 5.36. The third-order valence-electron chi connectivity index (χ3n) is 4.21. The minimum Gasteiger partial charge on any atom is -0.309 e. The molecule has 0 spiro atoms. The predicted octanol–water partition coefficient (Wildman–Crippen LogP) is 5.86. The van der Waals surface area contributed by atoms with Crippen molar-refractivity contribution >= 4 is 17.7 Å². The molecule has 2 aromatic rings. The fourth-order valence-electron chi connectivity index (χ4n) is 3.30. The lowest BCUT2D eigenvalue weighted by Crippen LogP contribution is -2.25. The maximum absolute atomic E-state index is 13.3. The summed E-state index contributed by atoms with van der Waals surface area (Å²) in [4.78, 5) is 2.19. The van der Waals surface area contributed by atoms with Gasteiger partial charge in [0.05, 0.1) is 0 Å². The van der Waals surface area contributed by atoms with Gasteiger partial charge in [-0.1, -0.05) is 54.4 Å². The number of hydrogen-bond acceptors (Lipinski definition) is 1. The van der Waals surface area contributed by atoms with Crippen LogP contribution in [0.2, 0.25) is 5.02 Å². The van der Waals surface area contributed by atoms with E-state index in [9.17, 15) is 4.39 Å². The van der Waals surface area contributed by atoms with E-state index in [2.05, 4.69) is 38.9 Å². The molecule has 0 saturated heterocycles. The highest BCUT2D eigenvalue weighted by atomic mass is 35.5. The first-order chi connectivity index (χ1) is 11.4. The average molecular weight is 346 g/mol. The summed E-state index contributed by atoms with van der Waals surface area (Å²) >= 11 is 5.97. The molecule has 0 saturated carbocycles. The number of rotatable bonds is 6. The number of allylic oxidation sites excluding steroid dienone is 1. The van der Waals surface area contributed by atoms with Gasteiger partial charge in [0.1, 0.15) is 5.82 Å². The Morgan fingerprint density at radius 1 is 1.08 bits per heavy atom. The van der Waals surface area contributed by atoms with Crippen molar-refractivity contribution in [3.05, 3.63) is 76.1 Å². The fourth-order valence-corrected chi connectivity index (χ4v) is 3.43. The van der Waals surface area contributed by atoms with E-state index in [4.69, 9.17) is 11.6 Å². The van der Waals surface area contributed by atoms with Crippen molar-refractivity contribution in [2.24, 2.45) is 5.92 Å². The van der Waals surface area contributed by atoms with Crippen molar-refractivity contribution in [2.45, 2.75) is 19.8 Å². The Kier molecular flexibility index (Phi) is 6.59. The summed E-state index contributed by atoms with van der Waals surface area (Å²) < 4.78 is 13.3. The molecule has 0 N–H and O–H groups in total. The summed E-state index contributed by atoms with van der Waals surface area (Å²) in [5, 5.41) is 0.737. The maximum atomic E-state index is 13.3. The monoisotopic (exact) mass is 345 g/mol. The van der Waals surface area contributed by atoms with Gasteiger partial charge >= 0.3 is 0 Å². The third-order valence-corrected chi connectivity index (χ3v) is 4.46. The van der Waals surface area contributed by atoms with Crippen molar-refractivity contribution in [3.63, 3.8) is 0 Å². The van der Waals surface area contributed by atoms with Crippen LogP contribution in [0.4, 0.5) is 4.39 Å². The second kappa shape index (κ2) is 8.46. The van der Waals surface area contributed by atoms with E-state index < -0.39 is 0 Å². The van der Waals surface area contributed by atoms with Crippen molar-refractivity contribution in [2.75, 3.05) is 20.6 Å². The fraction of sp³-hybridized carbons (Fsp3) is 0.333. The van der Waals surface area contributed by atoms with E-state index in [1.807, 2.05) is 36.4 Å². The molecule has 2 unspecified atom stereocenters. The van der Waals surface area contributed by atoms with Gasteiger partial charge in [0.2, 0.25) is 0 Å². The zero-order valence-corrected chi connectivity index (χ0v) is 15.5. The van der Waals surface area contributed by atoms with Crippen LogP contribution in [0.1, 0.15) is 30.9 Å². The second-order valence-electron chi connectivity index (χ2n) is 6.71. The van der Waals surface area contributed by atoms with Gasteiger partial charge in [0, 0.05) is 17.5 Å². The Labute approximate surface area is 149 Å². The van der Waals surface area contributed by atoms with Gasteiger partial charge in [-0.25, -0.2) is 4.39 Å². The van der Waals surface area contributed by atoms with Crippen molar-refractivity contribution in [1.82, 2.24) is 4.90 Å². The molecule has 2 atom stereocenters. The van der Waals surface area contributed by atoms with Gasteiger partial charge in [-0.15, -0.1) is 0 Å². The van der Waals surface area contributed by atoms with E-state index in [-0.39, 0.29) is 11.7 Å². The Hall–Kier alpha value is -1.64.